The Morgan fingerprint density at radius 2 is 1.46 bits per heavy atom. The number of hydrogen-bond acceptors (Lipinski definition) is 6. The van der Waals surface area contributed by atoms with E-state index in [0.29, 0.717) is 11.1 Å². The number of ketones is 1. The second-order valence-electron chi connectivity index (χ2n) is 6.80. The number of Topliss-reactive ketones (excluding diaryl/α,β-unsaturated/α-hetero) is 1. The Hall–Kier alpha value is -3.35. The molecule has 0 fully saturated rings. The molecule has 0 amide bonds. The highest BCUT2D eigenvalue weighted by Crippen LogP contribution is 2.26. The molecule has 1 aromatic heterocycles. The quantitative estimate of drug-likeness (QED) is 0.500. The van der Waals surface area contributed by atoms with E-state index in [0.717, 1.165) is 27.9 Å². The van der Waals surface area contributed by atoms with Crippen LogP contribution in [-0.2, 0) is 4.74 Å². The van der Waals surface area contributed by atoms with E-state index in [1.165, 1.54) is 16.6 Å². The van der Waals surface area contributed by atoms with E-state index in [1.807, 2.05) is 27.7 Å². The van der Waals surface area contributed by atoms with Crippen LogP contribution in [-0.4, -0.2) is 38.6 Å². The van der Waals surface area contributed by atoms with Gasteiger partial charge in [0.1, 0.15) is 6.33 Å². The van der Waals surface area contributed by atoms with Crippen LogP contribution in [0.2, 0.25) is 0 Å². The molecule has 0 bridgehead atoms. The van der Waals surface area contributed by atoms with Crippen LogP contribution >= 0.6 is 0 Å². The zero-order chi connectivity index (χ0) is 20.4. The third-order valence-electron chi connectivity index (χ3n) is 5.33. The molecule has 0 N–H and O–H groups in total. The minimum atomic E-state index is -0.549. The molecule has 0 radical (unpaired) electrons. The summed E-state index contributed by atoms with van der Waals surface area (Å²) >= 11 is 0. The van der Waals surface area contributed by atoms with Crippen molar-refractivity contribution in [3.8, 4) is 5.69 Å². The molecule has 0 aliphatic carbocycles. The number of hydrogen-bond donors (Lipinski definition) is 0. The summed E-state index contributed by atoms with van der Waals surface area (Å²) in [4.78, 5) is 25.1. The van der Waals surface area contributed by atoms with Crippen LogP contribution in [0.1, 0.15) is 48.5 Å². The largest absolute Gasteiger partial charge is 0.454 e. The van der Waals surface area contributed by atoms with Crippen molar-refractivity contribution in [1.29, 1.82) is 0 Å². The Bertz CT molecular complexity index is 1010. The van der Waals surface area contributed by atoms with Gasteiger partial charge in [-0.2, -0.15) is 0 Å². The van der Waals surface area contributed by atoms with E-state index in [1.54, 1.807) is 24.3 Å². The molecule has 0 aliphatic rings. The fourth-order valence-corrected chi connectivity index (χ4v) is 3.23. The fraction of sp³-hybridized carbons (Fsp3) is 0.286. The second-order valence-corrected chi connectivity index (χ2v) is 6.80. The van der Waals surface area contributed by atoms with E-state index in [4.69, 9.17) is 4.74 Å². The number of esters is 1. The predicted molar refractivity (Wildman–Crippen MR) is 104 cm³/mol. The lowest BCUT2D eigenvalue weighted by molar-refractivity contribution is 0.0474. The monoisotopic (exact) mass is 378 g/mol. The number of nitrogens with zero attached hydrogens (tertiary/aromatic N) is 4. The minimum Gasteiger partial charge on any atom is -0.454 e. The van der Waals surface area contributed by atoms with Crippen molar-refractivity contribution in [3.05, 3.63) is 69.5 Å². The van der Waals surface area contributed by atoms with Crippen molar-refractivity contribution in [2.75, 3.05) is 6.61 Å². The molecule has 28 heavy (non-hydrogen) atoms. The Morgan fingerprint density at radius 1 is 0.893 bits per heavy atom. The van der Waals surface area contributed by atoms with Crippen LogP contribution in [0.3, 0.4) is 0 Å². The summed E-state index contributed by atoms with van der Waals surface area (Å²) in [5.41, 5.74) is 6.96. The second kappa shape index (κ2) is 7.72. The number of benzene rings is 2. The van der Waals surface area contributed by atoms with Crippen LogP contribution in [0.15, 0.2) is 30.6 Å². The maximum absolute atomic E-state index is 12.7. The number of rotatable bonds is 5. The predicted octanol–water partition coefficient (Wildman–Crippen LogP) is 3.24. The first-order chi connectivity index (χ1) is 13.3. The van der Waals surface area contributed by atoms with E-state index >= 15 is 0 Å². The molecule has 0 saturated heterocycles. The van der Waals surface area contributed by atoms with Crippen LogP contribution < -0.4 is 0 Å². The van der Waals surface area contributed by atoms with Crippen LogP contribution in [0.25, 0.3) is 5.69 Å². The van der Waals surface area contributed by atoms with Gasteiger partial charge >= 0.3 is 5.97 Å². The topological polar surface area (TPSA) is 87.0 Å². The van der Waals surface area contributed by atoms with E-state index < -0.39 is 5.97 Å². The summed E-state index contributed by atoms with van der Waals surface area (Å²) in [7, 11) is 0. The van der Waals surface area contributed by atoms with Gasteiger partial charge in [-0.1, -0.05) is 0 Å². The number of tetrazole rings is 1. The molecule has 7 heteroatoms. The standard InChI is InChI=1S/C21H22N4O3/c1-12-13(2)15(4)20(16(5)14(12)3)19(26)10-28-21(27)17-6-8-18(9-7-17)25-11-22-23-24-25/h6-9,11H,10H2,1-5H3. The molecular weight excluding hydrogens is 356 g/mol. The first-order valence-corrected chi connectivity index (χ1v) is 8.92. The summed E-state index contributed by atoms with van der Waals surface area (Å²) in [5.74, 6) is -0.743. The van der Waals surface area contributed by atoms with Crippen LogP contribution in [0, 0.1) is 34.6 Å². The number of carbonyl (C=O) groups is 2. The zero-order valence-electron chi connectivity index (χ0n) is 16.6. The normalized spacial score (nSPS) is 10.8. The molecule has 2 aromatic carbocycles. The van der Waals surface area contributed by atoms with Gasteiger partial charge in [-0.15, -0.1) is 5.10 Å². The number of ether oxygens (including phenoxy) is 1. The first kappa shape index (κ1) is 19.4. The van der Waals surface area contributed by atoms with Gasteiger partial charge in [0.15, 0.2) is 6.61 Å². The maximum atomic E-state index is 12.7. The summed E-state index contributed by atoms with van der Waals surface area (Å²) < 4.78 is 6.74. The Morgan fingerprint density at radius 3 is 2.00 bits per heavy atom. The van der Waals surface area contributed by atoms with Gasteiger partial charge in [-0.05, 0) is 97.1 Å². The smallest absolute Gasteiger partial charge is 0.338 e. The van der Waals surface area contributed by atoms with Gasteiger partial charge in [0.05, 0.1) is 11.3 Å². The van der Waals surface area contributed by atoms with Gasteiger partial charge in [0.2, 0.25) is 5.78 Å². The van der Waals surface area contributed by atoms with E-state index in [2.05, 4.69) is 22.4 Å². The zero-order valence-corrected chi connectivity index (χ0v) is 16.6. The third kappa shape index (κ3) is 3.55. The van der Waals surface area contributed by atoms with E-state index in [9.17, 15) is 9.59 Å². The summed E-state index contributed by atoms with van der Waals surface area (Å²) in [6, 6.07) is 6.63. The van der Waals surface area contributed by atoms with E-state index in [-0.39, 0.29) is 12.4 Å². The summed E-state index contributed by atoms with van der Waals surface area (Å²) in [5, 5.41) is 10.9. The molecule has 0 atom stereocenters. The van der Waals surface area contributed by atoms with Gasteiger partial charge in [-0.3, -0.25) is 4.79 Å². The van der Waals surface area contributed by atoms with Crippen molar-refractivity contribution in [1.82, 2.24) is 20.2 Å². The van der Waals surface area contributed by atoms with Crippen LogP contribution in [0.5, 0.6) is 0 Å². The summed E-state index contributed by atoms with van der Waals surface area (Å²) in [6.07, 6.45) is 1.46. The summed E-state index contributed by atoms with van der Waals surface area (Å²) in [6.45, 7) is 9.64. The van der Waals surface area contributed by atoms with Gasteiger partial charge < -0.3 is 4.74 Å². The molecule has 1 heterocycles. The number of aromatic nitrogens is 4. The Labute approximate surface area is 163 Å². The molecule has 144 valence electrons. The first-order valence-electron chi connectivity index (χ1n) is 8.92. The third-order valence-corrected chi connectivity index (χ3v) is 5.33. The van der Waals surface area contributed by atoms with Crippen molar-refractivity contribution in [2.24, 2.45) is 0 Å². The molecule has 0 unspecified atom stereocenters. The fourth-order valence-electron chi connectivity index (χ4n) is 3.23. The average molecular weight is 378 g/mol. The lowest BCUT2D eigenvalue weighted by atomic mass is 9.88. The highest BCUT2D eigenvalue weighted by atomic mass is 16.5. The molecule has 0 saturated carbocycles. The number of carbonyl (C=O) groups excluding carboxylic acids is 2. The molecule has 3 aromatic rings. The van der Waals surface area contributed by atoms with Crippen molar-refractivity contribution in [3.63, 3.8) is 0 Å². The SMILES string of the molecule is Cc1c(C)c(C)c(C(=O)COC(=O)c2ccc(-n3cnnn3)cc2)c(C)c1C. The Kier molecular flexibility index (Phi) is 5.35. The molecule has 0 spiro atoms. The molecule has 3 rings (SSSR count). The molecular formula is C21H22N4O3. The van der Waals surface area contributed by atoms with Crippen LogP contribution in [0.4, 0.5) is 0 Å². The lowest BCUT2D eigenvalue weighted by Crippen LogP contribution is -2.18. The highest BCUT2D eigenvalue weighted by Gasteiger charge is 2.20. The minimum absolute atomic E-state index is 0.195. The van der Waals surface area contributed by atoms with Gasteiger partial charge in [0, 0.05) is 5.56 Å². The van der Waals surface area contributed by atoms with Gasteiger partial charge in [0.25, 0.3) is 0 Å². The molecule has 7 nitrogen and oxygen atoms in total. The molecule has 0 aliphatic heterocycles. The van der Waals surface area contributed by atoms with Crippen molar-refractivity contribution >= 4 is 11.8 Å². The lowest BCUT2D eigenvalue weighted by Gasteiger charge is -2.17. The highest BCUT2D eigenvalue weighted by molar-refractivity contribution is 6.02. The van der Waals surface area contributed by atoms with Crippen molar-refractivity contribution in [2.45, 2.75) is 34.6 Å². The Balaban J connectivity index is 1.72. The van der Waals surface area contributed by atoms with Gasteiger partial charge in [-0.25, -0.2) is 9.48 Å². The maximum Gasteiger partial charge on any atom is 0.338 e. The van der Waals surface area contributed by atoms with Crippen molar-refractivity contribution < 1.29 is 14.3 Å². The average Bonchev–Trinajstić information content (AvgIpc) is 3.24.